The summed E-state index contributed by atoms with van der Waals surface area (Å²) in [5, 5.41) is 0. The number of nitrogens with zero attached hydrogens (tertiary/aromatic N) is 2. The zero-order chi connectivity index (χ0) is 16.2. The lowest BCUT2D eigenvalue weighted by molar-refractivity contribution is 0.0851. The van der Waals surface area contributed by atoms with Crippen LogP contribution in [0.1, 0.15) is 23.7 Å². The first kappa shape index (κ1) is 15.8. The maximum Gasteiger partial charge on any atom is 0.257 e. The van der Waals surface area contributed by atoms with Crippen LogP contribution in [0.3, 0.4) is 0 Å². The Bertz CT molecular complexity index is 669. The van der Waals surface area contributed by atoms with Crippen LogP contribution in [0.25, 0.3) is 0 Å². The Morgan fingerprint density at radius 2 is 2.04 bits per heavy atom. The molecular weight excluding hydrogens is 320 g/mol. The van der Waals surface area contributed by atoms with Crippen molar-refractivity contribution in [2.45, 2.75) is 19.1 Å². The monoisotopic (exact) mass is 342 g/mol. The van der Waals surface area contributed by atoms with Crippen LogP contribution in [-0.2, 0) is 6.54 Å². The normalized spacial score (nSPS) is 21.2. The van der Waals surface area contributed by atoms with Gasteiger partial charge in [-0.1, -0.05) is 24.3 Å². The predicted molar refractivity (Wildman–Crippen MR) is 96.8 cm³/mol. The second kappa shape index (κ2) is 7.45. The SMILES string of the molecule is c1cnc2c(c1)OC[C@H](c1ccc(CN3CCCSCC3)cc1)O2. The van der Waals surface area contributed by atoms with Crippen LogP contribution in [0.15, 0.2) is 42.6 Å². The zero-order valence-electron chi connectivity index (χ0n) is 13.7. The molecule has 2 aliphatic heterocycles. The molecule has 5 heteroatoms. The molecule has 0 aliphatic carbocycles. The number of thioether (sulfide) groups is 1. The largest absolute Gasteiger partial charge is 0.484 e. The lowest BCUT2D eigenvalue weighted by atomic mass is 10.1. The Balaban J connectivity index is 1.41. The third kappa shape index (κ3) is 3.68. The molecule has 1 fully saturated rings. The first-order valence-corrected chi connectivity index (χ1v) is 9.67. The minimum atomic E-state index is -0.0870. The van der Waals surface area contributed by atoms with Crippen LogP contribution in [-0.4, -0.2) is 41.1 Å². The lowest BCUT2D eigenvalue weighted by Crippen LogP contribution is -2.25. The summed E-state index contributed by atoms with van der Waals surface area (Å²) in [5.74, 6) is 3.85. The average Bonchev–Trinajstić information content (AvgIpc) is 2.91. The minimum absolute atomic E-state index is 0.0870. The van der Waals surface area contributed by atoms with Gasteiger partial charge in [-0.3, -0.25) is 4.90 Å². The number of aromatic nitrogens is 1. The van der Waals surface area contributed by atoms with Gasteiger partial charge in [0.25, 0.3) is 5.88 Å². The van der Waals surface area contributed by atoms with E-state index in [4.69, 9.17) is 9.47 Å². The van der Waals surface area contributed by atoms with Gasteiger partial charge in [0.15, 0.2) is 11.9 Å². The molecule has 126 valence electrons. The molecule has 0 amide bonds. The van der Waals surface area contributed by atoms with Crippen LogP contribution in [0, 0.1) is 0 Å². The van der Waals surface area contributed by atoms with E-state index in [1.165, 1.54) is 36.6 Å². The lowest BCUT2D eigenvalue weighted by Gasteiger charge is -2.26. The fourth-order valence-electron chi connectivity index (χ4n) is 3.12. The van der Waals surface area contributed by atoms with E-state index in [1.807, 2.05) is 12.1 Å². The van der Waals surface area contributed by atoms with Crippen molar-refractivity contribution in [1.82, 2.24) is 9.88 Å². The van der Waals surface area contributed by atoms with Gasteiger partial charge in [-0.15, -0.1) is 0 Å². The van der Waals surface area contributed by atoms with Crippen molar-refractivity contribution < 1.29 is 9.47 Å². The maximum absolute atomic E-state index is 5.98. The molecular formula is C19H22N2O2S. The van der Waals surface area contributed by atoms with Gasteiger partial charge >= 0.3 is 0 Å². The molecule has 1 aromatic heterocycles. The Labute approximate surface area is 147 Å². The van der Waals surface area contributed by atoms with Crippen molar-refractivity contribution in [2.75, 3.05) is 31.2 Å². The van der Waals surface area contributed by atoms with Crippen LogP contribution in [0.2, 0.25) is 0 Å². The van der Waals surface area contributed by atoms with Crippen LogP contribution >= 0.6 is 11.8 Å². The quantitative estimate of drug-likeness (QED) is 0.852. The van der Waals surface area contributed by atoms with Crippen molar-refractivity contribution >= 4 is 11.8 Å². The smallest absolute Gasteiger partial charge is 0.257 e. The topological polar surface area (TPSA) is 34.6 Å². The summed E-state index contributed by atoms with van der Waals surface area (Å²) in [6.45, 7) is 3.96. The van der Waals surface area contributed by atoms with Crippen molar-refractivity contribution in [3.63, 3.8) is 0 Å². The number of pyridine rings is 1. The Morgan fingerprint density at radius 1 is 1.12 bits per heavy atom. The molecule has 0 spiro atoms. The molecule has 2 aromatic rings. The van der Waals surface area contributed by atoms with Crippen LogP contribution in [0.5, 0.6) is 11.6 Å². The Kier molecular flexibility index (Phi) is 4.90. The number of hydrogen-bond donors (Lipinski definition) is 0. The molecule has 0 bridgehead atoms. The first-order chi connectivity index (χ1) is 11.9. The highest BCUT2D eigenvalue weighted by Crippen LogP contribution is 2.33. The molecule has 4 nitrogen and oxygen atoms in total. The van der Waals surface area contributed by atoms with Crippen LogP contribution < -0.4 is 9.47 Å². The molecule has 0 saturated carbocycles. The molecule has 0 unspecified atom stereocenters. The van der Waals surface area contributed by atoms with Gasteiger partial charge in [0.05, 0.1) is 0 Å². The van der Waals surface area contributed by atoms with E-state index < -0.39 is 0 Å². The van der Waals surface area contributed by atoms with Crippen LogP contribution in [0.4, 0.5) is 0 Å². The van der Waals surface area contributed by atoms with E-state index in [1.54, 1.807) is 6.20 Å². The summed E-state index contributed by atoms with van der Waals surface area (Å²) in [6, 6.07) is 12.5. The number of rotatable bonds is 3. The van der Waals surface area contributed by atoms with E-state index in [0.29, 0.717) is 12.5 Å². The zero-order valence-corrected chi connectivity index (χ0v) is 14.5. The summed E-state index contributed by atoms with van der Waals surface area (Å²) in [5.41, 5.74) is 2.50. The van der Waals surface area contributed by atoms with Gasteiger partial charge in [-0.05, 0) is 42.0 Å². The second-order valence-electron chi connectivity index (χ2n) is 6.21. The van der Waals surface area contributed by atoms with E-state index in [0.717, 1.165) is 17.9 Å². The molecule has 3 heterocycles. The average molecular weight is 342 g/mol. The summed E-state index contributed by atoms with van der Waals surface area (Å²) in [6.07, 6.45) is 2.94. The number of benzene rings is 1. The highest BCUT2D eigenvalue weighted by Gasteiger charge is 2.23. The molecule has 2 aliphatic rings. The fourth-order valence-corrected chi connectivity index (χ4v) is 4.05. The predicted octanol–water partition coefficient (Wildman–Crippen LogP) is 3.53. The molecule has 0 radical (unpaired) electrons. The number of ether oxygens (including phenoxy) is 2. The Morgan fingerprint density at radius 3 is 2.96 bits per heavy atom. The third-order valence-corrected chi connectivity index (χ3v) is 5.50. The fraction of sp³-hybridized carbons (Fsp3) is 0.421. The summed E-state index contributed by atoms with van der Waals surface area (Å²) in [4.78, 5) is 6.79. The van der Waals surface area contributed by atoms with Gasteiger partial charge in [0, 0.05) is 25.0 Å². The molecule has 1 saturated heterocycles. The van der Waals surface area contributed by atoms with Gasteiger partial charge in [0.1, 0.15) is 6.61 Å². The minimum Gasteiger partial charge on any atom is -0.484 e. The summed E-state index contributed by atoms with van der Waals surface area (Å²) >= 11 is 2.07. The van der Waals surface area contributed by atoms with Gasteiger partial charge in [0.2, 0.25) is 0 Å². The molecule has 0 N–H and O–H groups in total. The summed E-state index contributed by atoms with van der Waals surface area (Å²) in [7, 11) is 0. The summed E-state index contributed by atoms with van der Waals surface area (Å²) < 4.78 is 11.7. The number of fused-ring (bicyclic) bond motifs is 1. The van der Waals surface area contributed by atoms with E-state index >= 15 is 0 Å². The van der Waals surface area contributed by atoms with E-state index in [-0.39, 0.29) is 6.10 Å². The first-order valence-electron chi connectivity index (χ1n) is 8.52. The highest BCUT2D eigenvalue weighted by atomic mass is 32.2. The van der Waals surface area contributed by atoms with Gasteiger partial charge in [-0.2, -0.15) is 11.8 Å². The molecule has 24 heavy (non-hydrogen) atoms. The van der Waals surface area contributed by atoms with E-state index in [2.05, 4.69) is 45.9 Å². The second-order valence-corrected chi connectivity index (χ2v) is 7.43. The van der Waals surface area contributed by atoms with Crippen molar-refractivity contribution in [1.29, 1.82) is 0 Å². The van der Waals surface area contributed by atoms with Crippen molar-refractivity contribution in [3.05, 3.63) is 53.7 Å². The van der Waals surface area contributed by atoms with Gasteiger partial charge < -0.3 is 9.47 Å². The molecule has 1 atom stereocenters. The highest BCUT2D eigenvalue weighted by molar-refractivity contribution is 7.99. The number of hydrogen-bond acceptors (Lipinski definition) is 5. The molecule has 4 rings (SSSR count). The molecule has 1 aromatic carbocycles. The standard InChI is InChI=1S/C19H22N2O2S/c1-3-17-19(20-8-1)23-18(14-22-17)16-6-4-15(5-7-16)13-21-9-2-11-24-12-10-21/h1,3-8,18H,2,9-14H2/t18-/m1/s1. The maximum atomic E-state index is 5.98. The van der Waals surface area contributed by atoms with Gasteiger partial charge in [-0.25, -0.2) is 4.98 Å². The third-order valence-electron chi connectivity index (χ3n) is 4.45. The van der Waals surface area contributed by atoms with E-state index in [9.17, 15) is 0 Å². The van der Waals surface area contributed by atoms with Crippen molar-refractivity contribution in [2.24, 2.45) is 0 Å². The Hall–Kier alpha value is -1.72. The van der Waals surface area contributed by atoms with Crippen molar-refractivity contribution in [3.8, 4) is 11.6 Å².